The quantitative estimate of drug-likeness (QED) is 0.905. The van der Waals surface area contributed by atoms with E-state index in [1.165, 1.54) is 0 Å². The van der Waals surface area contributed by atoms with Crippen LogP contribution in [0.3, 0.4) is 0 Å². The molecule has 0 saturated carbocycles. The minimum Gasteiger partial charge on any atom is -0.496 e. The van der Waals surface area contributed by atoms with Gasteiger partial charge in [0.2, 0.25) is 0 Å². The highest BCUT2D eigenvalue weighted by molar-refractivity contribution is 7.13. The summed E-state index contributed by atoms with van der Waals surface area (Å²) in [6, 6.07) is 6.90. The Morgan fingerprint density at radius 1 is 1.35 bits per heavy atom. The van der Waals surface area contributed by atoms with Gasteiger partial charge in [0.25, 0.3) is 0 Å². The van der Waals surface area contributed by atoms with E-state index in [1.54, 1.807) is 36.6 Å². The van der Waals surface area contributed by atoms with E-state index in [0.29, 0.717) is 5.75 Å². The highest BCUT2D eigenvalue weighted by atomic mass is 32.1. The maximum atomic E-state index is 11.0. The van der Waals surface area contributed by atoms with Crippen molar-refractivity contribution in [1.82, 2.24) is 0 Å². The Kier molecular flexibility index (Phi) is 3.15. The van der Waals surface area contributed by atoms with E-state index in [2.05, 4.69) is 0 Å². The smallest absolute Gasteiger partial charge is 0.335 e. The average Bonchev–Trinajstić information content (AvgIpc) is 2.74. The highest BCUT2D eigenvalue weighted by Gasteiger charge is 2.11. The van der Waals surface area contributed by atoms with Crippen molar-refractivity contribution in [3.63, 3.8) is 0 Å². The number of thiophene rings is 1. The standard InChI is InChI=1S/C13H12O3S/c1-8-5-12(17-7-8)10-6-9(13(14)15)3-4-11(10)16-2/h3-7H,1-2H3,(H,14,15). The number of hydrogen-bond acceptors (Lipinski definition) is 3. The lowest BCUT2D eigenvalue weighted by Gasteiger charge is -2.07. The summed E-state index contributed by atoms with van der Waals surface area (Å²) in [5, 5.41) is 11.0. The second-order valence-corrected chi connectivity index (χ2v) is 4.62. The first kappa shape index (κ1) is 11.7. The summed E-state index contributed by atoms with van der Waals surface area (Å²) in [5.41, 5.74) is 2.25. The summed E-state index contributed by atoms with van der Waals surface area (Å²) in [6.07, 6.45) is 0. The molecule has 0 radical (unpaired) electrons. The van der Waals surface area contributed by atoms with Crippen LogP contribution in [-0.2, 0) is 0 Å². The van der Waals surface area contributed by atoms with Gasteiger partial charge in [-0.25, -0.2) is 4.79 Å². The zero-order chi connectivity index (χ0) is 12.4. The van der Waals surface area contributed by atoms with E-state index in [-0.39, 0.29) is 5.56 Å². The van der Waals surface area contributed by atoms with Crippen LogP contribution in [0, 0.1) is 6.92 Å². The molecule has 0 unspecified atom stereocenters. The molecule has 0 amide bonds. The van der Waals surface area contributed by atoms with Crippen molar-refractivity contribution in [1.29, 1.82) is 0 Å². The van der Waals surface area contributed by atoms with E-state index < -0.39 is 5.97 Å². The Morgan fingerprint density at radius 2 is 2.12 bits per heavy atom. The molecular formula is C13H12O3S. The van der Waals surface area contributed by atoms with Crippen LogP contribution in [0.2, 0.25) is 0 Å². The lowest BCUT2D eigenvalue weighted by Crippen LogP contribution is -1.97. The molecule has 2 aromatic rings. The van der Waals surface area contributed by atoms with E-state index in [4.69, 9.17) is 9.84 Å². The maximum Gasteiger partial charge on any atom is 0.335 e. The lowest BCUT2D eigenvalue weighted by molar-refractivity contribution is 0.0697. The molecule has 1 aromatic heterocycles. The largest absolute Gasteiger partial charge is 0.496 e. The second kappa shape index (κ2) is 4.59. The zero-order valence-electron chi connectivity index (χ0n) is 9.56. The van der Waals surface area contributed by atoms with Gasteiger partial charge in [0.1, 0.15) is 5.75 Å². The third kappa shape index (κ3) is 2.31. The van der Waals surface area contributed by atoms with Crippen LogP contribution in [0.4, 0.5) is 0 Å². The molecule has 0 atom stereocenters. The summed E-state index contributed by atoms with van der Waals surface area (Å²) in [6.45, 7) is 2.01. The zero-order valence-corrected chi connectivity index (χ0v) is 10.4. The van der Waals surface area contributed by atoms with Gasteiger partial charge < -0.3 is 9.84 Å². The predicted octanol–water partition coefficient (Wildman–Crippen LogP) is 3.43. The van der Waals surface area contributed by atoms with Gasteiger partial charge in [-0.1, -0.05) is 0 Å². The highest BCUT2D eigenvalue weighted by Crippen LogP contribution is 2.35. The minimum absolute atomic E-state index is 0.270. The number of rotatable bonds is 3. The molecule has 4 heteroatoms. The SMILES string of the molecule is COc1ccc(C(=O)O)cc1-c1cc(C)cs1. The summed E-state index contributed by atoms with van der Waals surface area (Å²) in [7, 11) is 1.58. The number of ether oxygens (including phenoxy) is 1. The molecule has 0 spiro atoms. The third-order valence-corrected chi connectivity index (χ3v) is 3.52. The molecule has 0 bridgehead atoms. The van der Waals surface area contributed by atoms with Crippen molar-refractivity contribution < 1.29 is 14.6 Å². The van der Waals surface area contributed by atoms with Crippen LogP contribution in [0.25, 0.3) is 10.4 Å². The van der Waals surface area contributed by atoms with Gasteiger partial charge in [-0.05, 0) is 42.1 Å². The average molecular weight is 248 g/mol. The molecule has 0 aliphatic heterocycles. The van der Waals surface area contributed by atoms with Gasteiger partial charge in [0.05, 0.1) is 12.7 Å². The topological polar surface area (TPSA) is 46.5 Å². The summed E-state index contributed by atoms with van der Waals surface area (Å²) >= 11 is 1.58. The molecule has 88 valence electrons. The number of carboxylic acids is 1. The monoisotopic (exact) mass is 248 g/mol. The fourth-order valence-corrected chi connectivity index (χ4v) is 2.53. The van der Waals surface area contributed by atoms with Gasteiger partial charge in [-0.15, -0.1) is 11.3 Å². The third-order valence-electron chi connectivity index (χ3n) is 2.44. The van der Waals surface area contributed by atoms with Crippen LogP contribution in [0.15, 0.2) is 29.6 Å². The van der Waals surface area contributed by atoms with Gasteiger partial charge in [0, 0.05) is 10.4 Å². The first-order valence-corrected chi connectivity index (χ1v) is 5.96. The van der Waals surface area contributed by atoms with Crippen LogP contribution < -0.4 is 4.74 Å². The molecule has 2 rings (SSSR count). The van der Waals surface area contributed by atoms with E-state index in [0.717, 1.165) is 16.0 Å². The molecule has 0 fully saturated rings. The molecule has 3 nitrogen and oxygen atoms in total. The number of aryl methyl sites for hydroxylation is 1. The number of carbonyl (C=O) groups is 1. The van der Waals surface area contributed by atoms with Crippen molar-refractivity contribution in [2.24, 2.45) is 0 Å². The van der Waals surface area contributed by atoms with Crippen LogP contribution in [0.5, 0.6) is 5.75 Å². The van der Waals surface area contributed by atoms with E-state index in [1.807, 2.05) is 18.4 Å². The molecule has 1 N–H and O–H groups in total. The van der Waals surface area contributed by atoms with E-state index in [9.17, 15) is 4.79 Å². The van der Waals surface area contributed by atoms with Crippen molar-refractivity contribution in [2.75, 3.05) is 7.11 Å². The van der Waals surface area contributed by atoms with Crippen LogP contribution in [-0.4, -0.2) is 18.2 Å². The fourth-order valence-electron chi connectivity index (χ4n) is 1.61. The Labute approximate surface area is 103 Å². The van der Waals surface area contributed by atoms with Crippen molar-refractivity contribution >= 4 is 17.3 Å². The Morgan fingerprint density at radius 3 is 2.65 bits per heavy atom. The first-order valence-electron chi connectivity index (χ1n) is 5.08. The van der Waals surface area contributed by atoms with Crippen LogP contribution in [0.1, 0.15) is 15.9 Å². The number of aromatic carboxylic acids is 1. The van der Waals surface area contributed by atoms with E-state index >= 15 is 0 Å². The lowest BCUT2D eigenvalue weighted by atomic mass is 10.1. The molecule has 1 aromatic carbocycles. The van der Waals surface area contributed by atoms with Crippen LogP contribution >= 0.6 is 11.3 Å². The summed E-state index contributed by atoms with van der Waals surface area (Å²) < 4.78 is 5.26. The molecular weight excluding hydrogens is 236 g/mol. The van der Waals surface area contributed by atoms with Crippen molar-refractivity contribution in [3.8, 4) is 16.2 Å². The number of methoxy groups -OCH3 is 1. The summed E-state index contributed by atoms with van der Waals surface area (Å²) in [5.74, 6) is -0.237. The molecule has 0 aliphatic carbocycles. The predicted molar refractivity (Wildman–Crippen MR) is 68.0 cm³/mol. The van der Waals surface area contributed by atoms with Gasteiger partial charge in [-0.2, -0.15) is 0 Å². The Hall–Kier alpha value is -1.81. The second-order valence-electron chi connectivity index (χ2n) is 3.71. The first-order chi connectivity index (χ1) is 8.11. The number of hydrogen-bond donors (Lipinski definition) is 1. The van der Waals surface area contributed by atoms with Gasteiger partial charge in [-0.3, -0.25) is 0 Å². The Bertz CT molecular complexity index is 558. The van der Waals surface area contributed by atoms with Gasteiger partial charge >= 0.3 is 5.97 Å². The molecule has 17 heavy (non-hydrogen) atoms. The molecule has 1 heterocycles. The minimum atomic E-state index is -0.929. The van der Waals surface area contributed by atoms with Crippen molar-refractivity contribution in [3.05, 3.63) is 40.8 Å². The number of benzene rings is 1. The maximum absolute atomic E-state index is 11.0. The molecule has 0 aliphatic rings. The molecule has 0 saturated heterocycles. The number of carboxylic acid groups (broad SMARTS) is 1. The van der Waals surface area contributed by atoms with Gasteiger partial charge in [0.15, 0.2) is 0 Å². The fraction of sp³-hybridized carbons (Fsp3) is 0.154. The summed E-state index contributed by atoms with van der Waals surface area (Å²) in [4.78, 5) is 12.0. The van der Waals surface area contributed by atoms with Crippen molar-refractivity contribution in [2.45, 2.75) is 6.92 Å². The normalized spacial score (nSPS) is 10.2. The Balaban J connectivity index is 2.57.